The van der Waals surface area contributed by atoms with Crippen LogP contribution in [0, 0.1) is 11.8 Å². The maximum absolute atomic E-state index is 11.2. The van der Waals surface area contributed by atoms with Gasteiger partial charge in [-0.3, -0.25) is 4.90 Å². The third kappa shape index (κ3) is 3.35. The van der Waals surface area contributed by atoms with Crippen LogP contribution in [0.1, 0.15) is 28.8 Å². The van der Waals surface area contributed by atoms with Gasteiger partial charge >= 0.3 is 5.97 Å². The predicted molar refractivity (Wildman–Crippen MR) is 70.3 cm³/mol. The summed E-state index contributed by atoms with van der Waals surface area (Å²) >= 11 is 0. The zero-order chi connectivity index (χ0) is 12.8. The Hall–Kier alpha value is -1.79. The fourth-order valence-electron chi connectivity index (χ4n) is 2.00. The number of likely N-dealkylation sites (tertiary alicyclic amines) is 1. The number of esters is 1. The van der Waals surface area contributed by atoms with Crippen LogP contribution in [0.4, 0.5) is 0 Å². The molecule has 1 saturated heterocycles. The number of benzene rings is 1. The van der Waals surface area contributed by atoms with Gasteiger partial charge in [0, 0.05) is 5.56 Å². The monoisotopic (exact) mass is 243 g/mol. The molecule has 0 aromatic heterocycles. The Bertz CT molecular complexity index is 462. The molecule has 1 aromatic rings. The minimum Gasteiger partial charge on any atom is -0.465 e. The van der Waals surface area contributed by atoms with E-state index in [9.17, 15) is 4.79 Å². The summed E-state index contributed by atoms with van der Waals surface area (Å²) in [6.07, 6.45) is 2.57. The molecule has 0 aliphatic carbocycles. The molecule has 0 N–H and O–H groups in total. The number of carbonyl (C=O) groups is 1. The number of rotatable bonds is 2. The van der Waals surface area contributed by atoms with Crippen molar-refractivity contribution in [2.45, 2.75) is 12.8 Å². The minimum atomic E-state index is -0.313. The lowest BCUT2D eigenvalue weighted by molar-refractivity contribution is 0.0601. The van der Waals surface area contributed by atoms with E-state index >= 15 is 0 Å². The maximum Gasteiger partial charge on any atom is 0.337 e. The second-order valence-electron chi connectivity index (χ2n) is 4.35. The molecule has 3 heteroatoms. The SMILES string of the molecule is COC(=O)c1ccc(C#CCN2CCCC2)cc1. The molecule has 0 atom stereocenters. The van der Waals surface area contributed by atoms with Crippen molar-refractivity contribution in [3.8, 4) is 11.8 Å². The summed E-state index contributed by atoms with van der Waals surface area (Å²) in [4.78, 5) is 13.6. The molecule has 1 heterocycles. The number of carbonyl (C=O) groups excluding carboxylic acids is 1. The highest BCUT2D eigenvalue weighted by atomic mass is 16.5. The molecule has 0 saturated carbocycles. The van der Waals surface area contributed by atoms with Crippen molar-refractivity contribution in [1.82, 2.24) is 4.90 Å². The summed E-state index contributed by atoms with van der Waals surface area (Å²) in [6.45, 7) is 3.16. The van der Waals surface area contributed by atoms with E-state index in [0.29, 0.717) is 5.56 Å². The van der Waals surface area contributed by atoms with Crippen molar-refractivity contribution in [2.75, 3.05) is 26.7 Å². The summed E-state index contributed by atoms with van der Waals surface area (Å²) in [5, 5.41) is 0. The van der Waals surface area contributed by atoms with Crippen LogP contribution in [-0.2, 0) is 4.74 Å². The summed E-state index contributed by atoms with van der Waals surface area (Å²) < 4.78 is 4.64. The standard InChI is InChI=1S/C15H17NO2/c1-18-15(17)14-8-6-13(7-9-14)5-4-12-16-10-2-3-11-16/h6-9H,2-3,10-12H2,1H3. The molecule has 94 valence electrons. The summed E-state index contributed by atoms with van der Waals surface area (Å²) in [6, 6.07) is 7.18. The van der Waals surface area contributed by atoms with E-state index in [1.165, 1.54) is 20.0 Å². The fourth-order valence-corrected chi connectivity index (χ4v) is 2.00. The molecule has 1 aliphatic heterocycles. The molecule has 0 radical (unpaired) electrons. The van der Waals surface area contributed by atoms with Crippen LogP contribution in [-0.4, -0.2) is 37.6 Å². The average molecular weight is 243 g/mol. The van der Waals surface area contributed by atoms with Crippen molar-refractivity contribution in [3.05, 3.63) is 35.4 Å². The van der Waals surface area contributed by atoms with Gasteiger partial charge in [-0.25, -0.2) is 4.79 Å². The van der Waals surface area contributed by atoms with Crippen LogP contribution in [0.25, 0.3) is 0 Å². The van der Waals surface area contributed by atoms with E-state index < -0.39 is 0 Å². The number of methoxy groups -OCH3 is 1. The van der Waals surface area contributed by atoms with E-state index in [-0.39, 0.29) is 5.97 Å². The molecule has 0 unspecified atom stereocenters. The van der Waals surface area contributed by atoms with Gasteiger partial charge < -0.3 is 4.74 Å². The lowest BCUT2D eigenvalue weighted by Crippen LogP contribution is -2.18. The first-order valence-corrected chi connectivity index (χ1v) is 6.19. The van der Waals surface area contributed by atoms with E-state index in [2.05, 4.69) is 21.5 Å². The van der Waals surface area contributed by atoms with Gasteiger partial charge in [-0.05, 0) is 50.2 Å². The smallest absolute Gasteiger partial charge is 0.337 e. The third-order valence-corrected chi connectivity index (χ3v) is 3.04. The summed E-state index contributed by atoms with van der Waals surface area (Å²) in [7, 11) is 1.38. The second-order valence-corrected chi connectivity index (χ2v) is 4.35. The Labute approximate surface area is 108 Å². The number of ether oxygens (including phenoxy) is 1. The van der Waals surface area contributed by atoms with Gasteiger partial charge in [0.25, 0.3) is 0 Å². The second kappa shape index (κ2) is 6.23. The van der Waals surface area contributed by atoms with Crippen LogP contribution in [0.15, 0.2) is 24.3 Å². The average Bonchev–Trinajstić information content (AvgIpc) is 2.92. The Kier molecular flexibility index (Phi) is 4.38. The Morgan fingerprint density at radius 3 is 2.56 bits per heavy atom. The third-order valence-electron chi connectivity index (χ3n) is 3.04. The van der Waals surface area contributed by atoms with Gasteiger partial charge in [0.2, 0.25) is 0 Å². The summed E-state index contributed by atoms with van der Waals surface area (Å²) in [5.41, 5.74) is 1.49. The van der Waals surface area contributed by atoms with E-state index in [4.69, 9.17) is 0 Å². The van der Waals surface area contributed by atoms with Crippen LogP contribution in [0.2, 0.25) is 0 Å². The first kappa shape index (κ1) is 12.7. The summed E-state index contributed by atoms with van der Waals surface area (Å²) in [5.74, 6) is 5.96. The molecule has 1 aliphatic rings. The predicted octanol–water partition coefficient (Wildman–Crippen LogP) is 1.92. The number of nitrogens with zero attached hydrogens (tertiary/aromatic N) is 1. The lowest BCUT2D eigenvalue weighted by atomic mass is 10.1. The molecule has 1 fully saturated rings. The highest BCUT2D eigenvalue weighted by Crippen LogP contribution is 2.06. The Morgan fingerprint density at radius 2 is 1.94 bits per heavy atom. The lowest BCUT2D eigenvalue weighted by Gasteiger charge is -2.08. The zero-order valence-corrected chi connectivity index (χ0v) is 10.6. The van der Waals surface area contributed by atoms with Crippen molar-refractivity contribution in [2.24, 2.45) is 0 Å². The van der Waals surface area contributed by atoms with Crippen molar-refractivity contribution >= 4 is 5.97 Å². The van der Waals surface area contributed by atoms with E-state index in [0.717, 1.165) is 25.2 Å². The molecular weight excluding hydrogens is 226 g/mol. The van der Waals surface area contributed by atoms with Crippen LogP contribution < -0.4 is 0 Å². The van der Waals surface area contributed by atoms with Crippen LogP contribution >= 0.6 is 0 Å². The Morgan fingerprint density at radius 1 is 1.28 bits per heavy atom. The quantitative estimate of drug-likeness (QED) is 0.587. The number of hydrogen-bond acceptors (Lipinski definition) is 3. The van der Waals surface area contributed by atoms with Gasteiger partial charge in [0.15, 0.2) is 0 Å². The molecule has 0 bridgehead atoms. The van der Waals surface area contributed by atoms with Crippen molar-refractivity contribution in [3.63, 3.8) is 0 Å². The van der Waals surface area contributed by atoms with Gasteiger partial charge in [-0.1, -0.05) is 11.8 Å². The largest absolute Gasteiger partial charge is 0.465 e. The van der Waals surface area contributed by atoms with Gasteiger partial charge in [0.1, 0.15) is 0 Å². The molecule has 3 nitrogen and oxygen atoms in total. The molecule has 0 spiro atoms. The molecule has 0 amide bonds. The molecule has 2 rings (SSSR count). The number of hydrogen-bond donors (Lipinski definition) is 0. The highest BCUT2D eigenvalue weighted by molar-refractivity contribution is 5.89. The normalized spacial score (nSPS) is 14.9. The van der Waals surface area contributed by atoms with E-state index in [1.54, 1.807) is 12.1 Å². The first-order valence-electron chi connectivity index (χ1n) is 6.19. The first-order chi connectivity index (χ1) is 8.79. The zero-order valence-electron chi connectivity index (χ0n) is 10.6. The van der Waals surface area contributed by atoms with Crippen molar-refractivity contribution < 1.29 is 9.53 Å². The Balaban J connectivity index is 1.93. The van der Waals surface area contributed by atoms with Gasteiger partial charge in [-0.2, -0.15) is 0 Å². The van der Waals surface area contributed by atoms with E-state index in [1.807, 2.05) is 12.1 Å². The minimum absolute atomic E-state index is 0.313. The molecular formula is C15H17NO2. The van der Waals surface area contributed by atoms with Gasteiger partial charge in [-0.15, -0.1) is 0 Å². The molecule has 18 heavy (non-hydrogen) atoms. The fraction of sp³-hybridized carbons (Fsp3) is 0.400. The van der Waals surface area contributed by atoms with Crippen LogP contribution in [0.5, 0.6) is 0 Å². The molecule has 1 aromatic carbocycles. The highest BCUT2D eigenvalue weighted by Gasteiger charge is 2.08. The van der Waals surface area contributed by atoms with Crippen LogP contribution in [0.3, 0.4) is 0 Å². The van der Waals surface area contributed by atoms with Crippen molar-refractivity contribution in [1.29, 1.82) is 0 Å². The van der Waals surface area contributed by atoms with Gasteiger partial charge in [0.05, 0.1) is 19.2 Å². The topological polar surface area (TPSA) is 29.5 Å². The maximum atomic E-state index is 11.2.